The highest BCUT2D eigenvalue weighted by molar-refractivity contribution is 6.01. The molecule has 0 bridgehead atoms. The predicted molar refractivity (Wildman–Crippen MR) is 119 cm³/mol. The SMILES string of the molecule is O=C1Cc2cc(-c3c(-c4ccccc4)nn4c(OC5CCCC5)nccc34)ccc2N1. The van der Waals surface area contributed by atoms with Crippen molar-refractivity contribution in [3.63, 3.8) is 0 Å². The van der Waals surface area contributed by atoms with Crippen LogP contribution >= 0.6 is 0 Å². The van der Waals surface area contributed by atoms with Crippen LogP contribution in [0.2, 0.25) is 0 Å². The molecule has 0 radical (unpaired) electrons. The first-order valence-corrected chi connectivity index (χ1v) is 10.8. The van der Waals surface area contributed by atoms with Gasteiger partial charge in [0.2, 0.25) is 5.91 Å². The molecule has 1 aliphatic heterocycles. The highest BCUT2D eigenvalue weighted by atomic mass is 16.5. The van der Waals surface area contributed by atoms with Gasteiger partial charge in [-0.2, -0.15) is 9.61 Å². The minimum Gasteiger partial charge on any atom is -0.460 e. The lowest BCUT2D eigenvalue weighted by Gasteiger charge is -2.12. The summed E-state index contributed by atoms with van der Waals surface area (Å²) in [4.78, 5) is 16.4. The Morgan fingerprint density at radius 1 is 1.00 bits per heavy atom. The van der Waals surface area contributed by atoms with Gasteiger partial charge < -0.3 is 10.1 Å². The van der Waals surface area contributed by atoms with Crippen LogP contribution in [0.3, 0.4) is 0 Å². The van der Waals surface area contributed by atoms with Crippen molar-refractivity contribution in [2.75, 3.05) is 5.32 Å². The lowest BCUT2D eigenvalue weighted by molar-refractivity contribution is -0.115. The highest BCUT2D eigenvalue weighted by Crippen LogP contribution is 2.38. The summed E-state index contributed by atoms with van der Waals surface area (Å²) in [6.07, 6.45) is 6.90. The Kier molecular flexibility index (Phi) is 4.23. The molecule has 1 aliphatic carbocycles. The maximum atomic E-state index is 11.9. The van der Waals surface area contributed by atoms with Gasteiger partial charge in [0.25, 0.3) is 0 Å². The van der Waals surface area contributed by atoms with Gasteiger partial charge in [0.1, 0.15) is 11.8 Å². The van der Waals surface area contributed by atoms with E-state index in [1.54, 1.807) is 6.20 Å². The summed E-state index contributed by atoms with van der Waals surface area (Å²) in [5, 5.41) is 7.87. The molecule has 4 aromatic rings. The second-order valence-electron chi connectivity index (χ2n) is 8.24. The number of carbonyl (C=O) groups excluding carboxylic acids is 1. The molecule has 3 heterocycles. The molecule has 0 atom stereocenters. The molecule has 0 saturated heterocycles. The third-order valence-corrected chi connectivity index (χ3v) is 6.16. The molecule has 6 nitrogen and oxygen atoms in total. The van der Waals surface area contributed by atoms with Crippen molar-refractivity contribution in [1.82, 2.24) is 14.6 Å². The highest BCUT2D eigenvalue weighted by Gasteiger charge is 2.24. The standard InChI is InChI=1S/C25H22N4O2/c30-22-15-18-14-17(10-11-20(18)27-22)23-21-12-13-26-25(31-19-8-4-5-9-19)29(21)28-24(23)16-6-2-1-3-7-16/h1-3,6-7,10-14,19H,4-5,8-9,15H2,(H,27,30). The van der Waals surface area contributed by atoms with Crippen molar-refractivity contribution in [1.29, 1.82) is 0 Å². The third kappa shape index (κ3) is 3.15. The third-order valence-electron chi connectivity index (χ3n) is 6.16. The lowest BCUT2D eigenvalue weighted by atomic mass is 9.97. The van der Waals surface area contributed by atoms with Gasteiger partial charge in [0.15, 0.2) is 0 Å². The topological polar surface area (TPSA) is 68.5 Å². The zero-order valence-electron chi connectivity index (χ0n) is 17.0. The lowest BCUT2D eigenvalue weighted by Crippen LogP contribution is -2.14. The largest absolute Gasteiger partial charge is 0.460 e. The van der Waals surface area contributed by atoms with Gasteiger partial charge in [-0.05, 0) is 55.0 Å². The number of rotatable bonds is 4. The normalized spacial score (nSPS) is 15.9. The summed E-state index contributed by atoms with van der Waals surface area (Å²) in [7, 11) is 0. The number of fused-ring (bicyclic) bond motifs is 2. The minimum absolute atomic E-state index is 0.0340. The Morgan fingerprint density at radius 2 is 1.84 bits per heavy atom. The molecule has 154 valence electrons. The van der Waals surface area contributed by atoms with Gasteiger partial charge in [0, 0.05) is 23.0 Å². The van der Waals surface area contributed by atoms with Gasteiger partial charge in [-0.3, -0.25) is 4.79 Å². The molecular formula is C25H22N4O2. The number of aromatic nitrogens is 3. The van der Waals surface area contributed by atoms with Crippen molar-refractivity contribution in [3.05, 3.63) is 66.4 Å². The number of hydrogen-bond acceptors (Lipinski definition) is 4. The number of hydrogen-bond donors (Lipinski definition) is 1. The van der Waals surface area contributed by atoms with E-state index in [1.165, 1.54) is 12.8 Å². The molecule has 0 unspecified atom stereocenters. The number of carbonyl (C=O) groups is 1. The molecule has 31 heavy (non-hydrogen) atoms. The molecule has 6 heteroatoms. The maximum Gasteiger partial charge on any atom is 0.318 e. The summed E-state index contributed by atoms with van der Waals surface area (Å²) >= 11 is 0. The van der Waals surface area contributed by atoms with Crippen molar-refractivity contribution in [2.45, 2.75) is 38.2 Å². The van der Waals surface area contributed by atoms with E-state index < -0.39 is 0 Å². The summed E-state index contributed by atoms with van der Waals surface area (Å²) in [6, 6.07) is 18.8. The Morgan fingerprint density at radius 3 is 2.68 bits per heavy atom. The minimum atomic E-state index is 0.0340. The van der Waals surface area contributed by atoms with Crippen LogP contribution in [-0.4, -0.2) is 26.6 Å². The molecule has 0 spiro atoms. The van der Waals surface area contributed by atoms with Crippen LogP contribution in [-0.2, 0) is 11.2 Å². The second-order valence-corrected chi connectivity index (χ2v) is 8.24. The number of ether oxygens (including phenoxy) is 1. The monoisotopic (exact) mass is 410 g/mol. The van der Waals surface area contributed by atoms with Gasteiger partial charge in [-0.1, -0.05) is 36.4 Å². The summed E-state index contributed by atoms with van der Waals surface area (Å²) in [5.41, 5.74) is 6.80. The fourth-order valence-electron chi connectivity index (χ4n) is 4.66. The molecule has 1 amide bonds. The predicted octanol–water partition coefficient (Wildman–Crippen LogP) is 4.88. The van der Waals surface area contributed by atoms with Gasteiger partial charge in [-0.15, -0.1) is 0 Å². The van der Waals surface area contributed by atoms with Crippen LogP contribution in [0.5, 0.6) is 6.01 Å². The van der Waals surface area contributed by atoms with E-state index in [-0.39, 0.29) is 12.0 Å². The molecule has 1 fully saturated rings. The number of anilines is 1. The first kappa shape index (κ1) is 18.1. The molecule has 6 rings (SSSR count). The molecule has 1 saturated carbocycles. The van der Waals surface area contributed by atoms with Crippen molar-refractivity contribution < 1.29 is 9.53 Å². The van der Waals surface area contributed by atoms with Gasteiger partial charge in [-0.25, -0.2) is 4.98 Å². The van der Waals surface area contributed by atoms with Crippen LogP contribution in [0.15, 0.2) is 60.8 Å². The van der Waals surface area contributed by atoms with Crippen LogP contribution in [0.1, 0.15) is 31.2 Å². The summed E-state index contributed by atoms with van der Waals surface area (Å²) < 4.78 is 8.08. The molecular weight excluding hydrogens is 388 g/mol. The fourth-order valence-corrected chi connectivity index (χ4v) is 4.66. The van der Waals surface area contributed by atoms with Crippen molar-refractivity contribution >= 4 is 17.1 Å². The van der Waals surface area contributed by atoms with Crippen molar-refractivity contribution in [3.8, 4) is 28.4 Å². The fraction of sp³-hybridized carbons (Fsp3) is 0.240. The Balaban J connectivity index is 1.55. The van der Waals surface area contributed by atoms with Crippen LogP contribution in [0.25, 0.3) is 27.9 Å². The van der Waals surface area contributed by atoms with Gasteiger partial charge >= 0.3 is 6.01 Å². The Hall–Kier alpha value is -3.67. The molecule has 2 aromatic carbocycles. The van der Waals surface area contributed by atoms with E-state index in [9.17, 15) is 4.79 Å². The number of amides is 1. The van der Waals surface area contributed by atoms with E-state index >= 15 is 0 Å². The average molecular weight is 410 g/mol. The number of benzene rings is 2. The zero-order valence-corrected chi connectivity index (χ0v) is 17.0. The second kappa shape index (κ2) is 7.23. The van der Waals surface area contributed by atoms with E-state index in [1.807, 2.05) is 40.9 Å². The van der Waals surface area contributed by atoms with E-state index in [4.69, 9.17) is 9.84 Å². The first-order valence-electron chi connectivity index (χ1n) is 10.8. The van der Waals surface area contributed by atoms with E-state index in [0.717, 1.165) is 52.0 Å². The molecule has 2 aromatic heterocycles. The van der Waals surface area contributed by atoms with Crippen LogP contribution < -0.4 is 10.1 Å². The smallest absolute Gasteiger partial charge is 0.318 e. The summed E-state index contributed by atoms with van der Waals surface area (Å²) in [6.45, 7) is 0. The number of nitrogens with one attached hydrogen (secondary N) is 1. The quantitative estimate of drug-likeness (QED) is 0.521. The Labute approximate surface area is 179 Å². The van der Waals surface area contributed by atoms with E-state index in [0.29, 0.717) is 12.4 Å². The van der Waals surface area contributed by atoms with Crippen molar-refractivity contribution in [2.24, 2.45) is 0 Å². The first-order chi connectivity index (χ1) is 15.3. The van der Waals surface area contributed by atoms with Gasteiger partial charge in [0.05, 0.1) is 11.9 Å². The van der Waals surface area contributed by atoms with Crippen LogP contribution in [0.4, 0.5) is 5.69 Å². The Bertz CT molecular complexity index is 1290. The average Bonchev–Trinajstić information content (AvgIpc) is 3.51. The maximum absolute atomic E-state index is 11.9. The summed E-state index contributed by atoms with van der Waals surface area (Å²) in [5.74, 6) is 0.0340. The van der Waals surface area contributed by atoms with E-state index in [2.05, 4.69) is 28.5 Å². The molecule has 1 N–H and O–H groups in total. The number of nitrogens with zero attached hydrogens (tertiary/aromatic N) is 3. The van der Waals surface area contributed by atoms with Crippen LogP contribution in [0, 0.1) is 0 Å². The zero-order chi connectivity index (χ0) is 20.8. The molecule has 2 aliphatic rings.